The average molecular weight is 150 g/mol. The maximum absolute atomic E-state index is 11.1. The molecule has 1 aliphatic carbocycles. The lowest BCUT2D eigenvalue weighted by Crippen LogP contribution is -2.12. The van der Waals surface area contributed by atoms with Crippen molar-refractivity contribution in [1.29, 1.82) is 0 Å². The third-order valence-electron chi connectivity index (χ3n) is 2.06. The fourth-order valence-electron chi connectivity index (χ4n) is 1.41. The van der Waals surface area contributed by atoms with Crippen LogP contribution in [-0.2, 0) is 4.79 Å². The van der Waals surface area contributed by atoms with Crippen LogP contribution in [0.2, 0.25) is 0 Å². The molecule has 0 amide bonds. The van der Waals surface area contributed by atoms with Gasteiger partial charge in [-0.25, -0.2) is 0 Å². The van der Waals surface area contributed by atoms with Crippen LogP contribution in [0.3, 0.4) is 0 Å². The number of carbonyl (C=O) groups excluding carboxylic acids is 1. The van der Waals surface area contributed by atoms with E-state index >= 15 is 0 Å². The fraction of sp³-hybridized carbons (Fsp3) is 0.500. The molecule has 11 heavy (non-hydrogen) atoms. The van der Waals surface area contributed by atoms with Crippen molar-refractivity contribution < 1.29 is 4.79 Å². The topological polar surface area (TPSA) is 17.1 Å². The lowest BCUT2D eigenvalue weighted by molar-refractivity contribution is -0.118. The monoisotopic (exact) mass is 150 g/mol. The molecule has 0 bridgehead atoms. The van der Waals surface area contributed by atoms with Gasteiger partial charge in [0.15, 0.2) is 0 Å². The van der Waals surface area contributed by atoms with E-state index in [1.54, 1.807) is 6.92 Å². The summed E-state index contributed by atoms with van der Waals surface area (Å²) in [6.45, 7) is 5.89. The number of hydrogen-bond donors (Lipinski definition) is 0. The molecule has 0 spiro atoms. The van der Waals surface area contributed by atoms with Crippen LogP contribution in [0, 0.1) is 11.8 Å². The molecule has 1 nitrogen and oxygen atoms in total. The van der Waals surface area contributed by atoms with Gasteiger partial charge >= 0.3 is 0 Å². The number of hydrogen-bond acceptors (Lipinski definition) is 1. The molecule has 0 saturated heterocycles. The van der Waals surface area contributed by atoms with Crippen LogP contribution in [-0.4, -0.2) is 5.78 Å². The quantitative estimate of drug-likeness (QED) is 0.590. The average Bonchev–Trinajstić information content (AvgIpc) is 2.32. The molecule has 0 aromatic carbocycles. The molecule has 1 heteroatoms. The van der Waals surface area contributed by atoms with Gasteiger partial charge in [0, 0.05) is 0 Å². The zero-order chi connectivity index (χ0) is 8.43. The molecule has 0 fully saturated rings. The summed E-state index contributed by atoms with van der Waals surface area (Å²) in [7, 11) is 0. The molecular weight excluding hydrogens is 136 g/mol. The molecular formula is C10H14O. The molecule has 0 aromatic rings. The first-order chi connectivity index (χ1) is 5.13. The van der Waals surface area contributed by atoms with Crippen molar-refractivity contribution in [3.63, 3.8) is 0 Å². The number of ketones is 1. The van der Waals surface area contributed by atoms with E-state index in [4.69, 9.17) is 0 Å². The van der Waals surface area contributed by atoms with Crippen molar-refractivity contribution in [2.24, 2.45) is 11.8 Å². The van der Waals surface area contributed by atoms with Crippen molar-refractivity contribution in [1.82, 2.24) is 0 Å². The summed E-state index contributed by atoms with van der Waals surface area (Å²) in [5.41, 5.74) is 1.25. The number of Topliss-reactive ketones (excluding diaryl/α,β-unsaturated/α-hetero) is 1. The van der Waals surface area contributed by atoms with Gasteiger partial charge in [0.2, 0.25) is 0 Å². The van der Waals surface area contributed by atoms with Crippen LogP contribution in [0.25, 0.3) is 0 Å². The van der Waals surface area contributed by atoms with E-state index in [0.29, 0.717) is 5.92 Å². The van der Waals surface area contributed by atoms with Crippen LogP contribution >= 0.6 is 0 Å². The number of carbonyl (C=O) groups is 1. The molecule has 60 valence electrons. The first kappa shape index (κ1) is 8.25. The second-order valence-corrected chi connectivity index (χ2v) is 3.29. The largest absolute Gasteiger partial charge is 0.299 e. The lowest BCUT2D eigenvalue weighted by atomic mass is 9.90. The Hall–Kier alpha value is -0.850. The highest BCUT2D eigenvalue weighted by atomic mass is 16.1. The molecule has 0 aliphatic heterocycles. The van der Waals surface area contributed by atoms with Crippen molar-refractivity contribution >= 4 is 5.78 Å². The van der Waals surface area contributed by atoms with E-state index in [0.717, 1.165) is 0 Å². The SMILES string of the molecule is CC(=O)C1C=CC=C1C(C)C. The fourth-order valence-corrected chi connectivity index (χ4v) is 1.41. The summed E-state index contributed by atoms with van der Waals surface area (Å²) >= 11 is 0. The molecule has 0 aromatic heterocycles. The second kappa shape index (κ2) is 3.04. The predicted octanol–water partition coefficient (Wildman–Crippen LogP) is 2.34. The highest BCUT2D eigenvalue weighted by Gasteiger charge is 2.20. The first-order valence-corrected chi connectivity index (χ1v) is 4.01. The van der Waals surface area contributed by atoms with Crippen LogP contribution in [0.5, 0.6) is 0 Å². The van der Waals surface area contributed by atoms with Crippen LogP contribution in [0.1, 0.15) is 20.8 Å². The maximum Gasteiger partial charge on any atom is 0.140 e. The Morgan fingerprint density at radius 2 is 2.18 bits per heavy atom. The van der Waals surface area contributed by atoms with Crippen LogP contribution in [0.15, 0.2) is 23.8 Å². The summed E-state index contributed by atoms with van der Waals surface area (Å²) in [6, 6.07) is 0. The predicted molar refractivity (Wildman–Crippen MR) is 46.2 cm³/mol. The maximum atomic E-state index is 11.1. The second-order valence-electron chi connectivity index (χ2n) is 3.29. The van der Waals surface area contributed by atoms with Crippen molar-refractivity contribution in [2.45, 2.75) is 20.8 Å². The third kappa shape index (κ3) is 1.59. The van der Waals surface area contributed by atoms with Crippen LogP contribution in [0.4, 0.5) is 0 Å². The Morgan fingerprint density at radius 3 is 2.55 bits per heavy atom. The van der Waals surface area contributed by atoms with E-state index < -0.39 is 0 Å². The van der Waals surface area contributed by atoms with E-state index in [1.807, 2.05) is 12.2 Å². The summed E-state index contributed by atoms with van der Waals surface area (Å²) in [6.07, 6.45) is 6.00. The van der Waals surface area contributed by atoms with Gasteiger partial charge in [-0.1, -0.05) is 37.6 Å². The molecule has 0 radical (unpaired) electrons. The van der Waals surface area contributed by atoms with Gasteiger partial charge in [-0.3, -0.25) is 4.79 Å². The number of allylic oxidation sites excluding steroid dienone is 4. The summed E-state index contributed by atoms with van der Waals surface area (Å²) in [4.78, 5) is 11.1. The Balaban J connectivity index is 2.77. The van der Waals surface area contributed by atoms with Gasteiger partial charge in [0.1, 0.15) is 5.78 Å². The van der Waals surface area contributed by atoms with Crippen molar-refractivity contribution in [2.75, 3.05) is 0 Å². The Bertz CT molecular complexity index is 221. The lowest BCUT2D eigenvalue weighted by Gasteiger charge is -2.13. The van der Waals surface area contributed by atoms with Gasteiger partial charge in [-0.15, -0.1) is 0 Å². The molecule has 0 N–H and O–H groups in total. The normalized spacial score (nSPS) is 22.5. The van der Waals surface area contributed by atoms with E-state index in [2.05, 4.69) is 19.9 Å². The van der Waals surface area contributed by atoms with Crippen molar-refractivity contribution in [3.8, 4) is 0 Å². The van der Waals surface area contributed by atoms with Gasteiger partial charge < -0.3 is 0 Å². The highest BCUT2D eigenvalue weighted by molar-refractivity contribution is 5.84. The molecule has 1 aliphatic rings. The van der Waals surface area contributed by atoms with Crippen molar-refractivity contribution in [3.05, 3.63) is 23.8 Å². The third-order valence-corrected chi connectivity index (χ3v) is 2.06. The molecule has 1 rings (SSSR count). The van der Waals surface area contributed by atoms with Gasteiger partial charge in [0.05, 0.1) is 5.92 Å². The minimum absolute atomic E-state index is 0.0648. The van der Waals surface area contributed by atoms with Crippen LogP contribution < -0.4 is 0 Å². The smallest absolute Gasteiger partial charge is 0.140 e. The molecule has 1 atom stereocenters. The summed E-state index contributed by atoms with van der Waals surface area (Å²) in [5, 5.41) is 0. The Morgan fingerprint density at radius 1 is 1.55 bits per heavy atom. The van der Waals surface area contributed by atoms with Gasteiger partial charge in [0.25, 0.3) is 0 Å². The van der Waals surface area contributed by atoms with Gasteiger partial charge in [-0.2, -0.15) is 0 Å². The first-order valence-electron chi connectivity index (χ1n) is 4.01. The van der Waals surface area contributed by atoms with E-state index in [-0.39, 0.29) is 11.7 Å². The summed E-state index contributed by atoms with van der Waals surface area (Å²) in [5.74, 6) is 0.799. The van der Waals surface area contributed by atoms with E-state index in [9.17, 15) is 4.79 Å². The molecule has 0 saturated carbocycles. The highest BCUT2D eigenvalue weighted by Crippen LogP contribution is 2.26. The zero-order valence-electron chi connectivity index (χ0n) is 7.29. The van der Waals surface area contributed by atoms with E-state index in [1.165, 1.54) is 5.57 Å². The Kier molecular flexibility index (Phi) is 2.28. The number of rotatable bonds is 2. The minimum atomic E-state index is 0.0648. The van der Waals surface area contributed by atoms with Gasteiger partial charge in [-0.05, 0) is 12.8 Å². The standard InChI is InChI=1S/C10H14O/c1-7(2)9-5-4-6-10(9)8(3)11/h4-7,10H,1-3H3. The Labute approximate surface area is 67.8 Å². The zero-order valence-corrected chi connectivity index (χ0v) is 7.29. The summed E-state index contributed by atoms with van der Waals surface area (Å²) < 4.78 is 0. The molecule has 1 unspecified atom stereocenters. The molecule has 0 heterocycles. The minimum Gasteiger partial charge on any atom is -0.299 e.